The second-order valence-corrected chi connectivity index (χ2v) is 5.14. The minimum atomic E-state index is -0.285. The van der Waals surface area contributed by atoms with Gasteiger partial charge in [-0.2, -0.15) is 0 Å². The van der Waals surface area contributed by atoms with Crippen LogP contribution in [0, 0.1) is 0 Å². The standard InChI is InChI=1S/C13H16N4O2S/c1-3-10(12(18)19-4-2)20-13-15-11(16-17-13)9-6-5-7-14-8-9/h5-8,10H,3-4H2,1-2H3,(H,15,16,17)/t10-/m1/s1. The summed E-state index contributed by atoms with van der Waals surface area (Å²) in [7, 11) is 0. The molecule has 0 unspecified atom stereocenters. The first-order valence-electron chi connectivity index (χ1n) is 6.40. The van der Waals surface area contributed by atoms with Crippen molar-refractivity contribution in [1.29, 1.82) is 0 Å². The van der Waals surface area contributed by atoms with Crippen molar-refractivity contribution in [2.24, 2.45) is 0 Å². The number of pyridine rings is 1. The van der Waals surface area contributed by atoms with Gasteiger partial charge in [0, 0.05) is 18.0 Å². The van der Waals surface area contributed by atoms with Crippen molar-refractivity contribution < 1.29 is 9.53 Å². The number of nitrogens with one attached hydrogen (secondary N) is 1. The molecule has 0 amide bonds. The van der Waals surface area contributed by atoms with Gasteiger partial charge in [0.1, 0.15) is 5.25 Å². The topological polar surface area (TPSA) is 80.8 Å². The Morgan fingerprint density at radius 3 is 3.00 bits per heavy atom. The van der Waals surface area contributed by atoms with Crippen LogP contribution in [0.25, 0.3) is 11.4 Å². The van der Waals surface area contributed by atoms with E-state index in [0.717, 1.165) is 5.56 Å². The Labute approximate surface area is 121 Å². The maximum atomic E-state index is 11.7. The lowest BCUT2D eigenvalue weighted by atomic mass is 10.3. The first-order chi connectivity index (χ1) is 9.74. The minimum Gasteiger partial charge on any atom is -0.465 e. The predicted molar refractivity (Wildman–Crippen MR) is 76.2 cm³/mol. The van der Waals surface area contributed by atoms with Crippen molar-refractivity contribution in [3.63, 3.8) is 0 Å². The van der Waals surface area contributed by atoms with E-state index >= 15 is 0 Å². The van der Waals surface area contributed by atoms with Gasteiger partial charge in [0.05, 0.1) is 6.61 Å². The summed E-state index contributed by atoms with van der Waals surface area (Å²) in [5, 5.41) is 7.21. The highest BCUT2D eigenvalue weighted by Gasteiger charge is 2.21. The SMILES string of the molecule is CCOC(=O)[C@@H](CC)Sc1n[nH]c(-c2cccnc2)n1. The monoisotopic (exact) mass is 292 g/mol. The molecule has 0 saturated heterocycles. The van der Waals surface area contributed by atoms with Gasteiger partial charge in [-0.3, -0.25) is 14.9 Å². The second kappa shape index (κ2) is 7.04. The number of carbonyl (C=O) groups is 1. The first-order valence-corrected chi connectivity index (χ1v) is 7.28. The number of aromatic nitrogens is 4. The Morgan fingerprint density at radius 2 is 2.35 bits per heavy atom. The fraction of sp³-hybridized carbons (Fsp3) is 0.385. The number of carbonyl (C=O) groups excluding carboxylic acids is 1. The van der Waals surface area contributed by atoms with Crippen LogP contribution < -0.4 is 0 Å². The zero-order chi connectivity index (χ0) is 14.4. The van der Waals surface area contributed by atoms with Crippen LogP contribution >= 0.6 is 11.8 Å². The average Bonchev–Trinajstić information content (AvgIpc) is 2.94. The number of ether oxygens (including phenoxy) is 1. The van der Waals surface area contributed by atoms with Gasteiger partial charge in [-0.05, 0) is 25.5 Å². The normalized spacial score (nSPS) is 12.1. The van der Waals surface area contributed by atoms with Crippen molar-refractivity contribution in [2.75, 3.05) is 6.61 Å². The molecular weight excluding hydrogens is 276 g/mol. The lowest BCUT2D eigenvalue weighted by Crippen LogP contribution is -2.19. The van der Waals surface area contributed by atoms with Gasteiger partial charge in [-0.1, -0.05) is 18.7 Å². The van der Waals surface area contributed by atoms with E-state index in [-0.39, 0.29) is 11.2 Å². The molecule has 2 rings (SSSR count). The lowest BCUT2D eigenvalue weighted by Gasteiger charge is -2.10. The Hall–Kier alpha value is -1.89. The highest BCUT2D eigenvalue weighted by atomic mass is 32.2. The van der Waals surface area contributed by atoms with Crippen LogP contribution in [-0.4, -0.2) is 38.0 Å². The largest absolute Gasteiger partial charge is 0.465 e. The number of esters is 1. The molecule has 0 spiro atoms. The molecule has 0 aromatic carbocycles. The van der Waals surface area contributed by atoms with Crippen molar-refractivity contribution in [2.45, 2.75) is 30.7 Å². The molecule has 6 nitrogen and oxygen atoms in total. The summed E-state index contributed by atoms with van der Waals surface area (Å²) in [5.41, 5.74) is 0.857. The molecular formula is C13H16N4O2S. The Bertz CT molecular complexity index is 559. The minimum absolute atomic E-state index is 0.229. The molecule has 106 valence electrons. The molecule has 0 aliphatic rings. The van der Waals surface area contributed by atoms with Crippen molar-refractivity contribution in [3.8, 4) is 11.4 Å². The van der Waals surface area contributed by atoms with Gasteiger partial charge in [-0.25, -0.2) is 4.98 Å². The molecule has 0 fully saturated rings. The van der Waals surface area contributed by atoms with E-state index in [1.807, 2.05) is 19.1 Å². The Kier molecular flexibility index (Phi) is 5.11. The number of hydrogen-bond donors (Lipinski definition) is 1. The molecule has 0 aliphatic heterocycles. The molecule has 1 atom stereocenters. The number of thioether (sulfide) groups is 1. The maximum absolute atomic E-state index is 11.7. The van der Waals surface area contributed by atoms with E-state index in [9.17, 15) is 4.79 Å². The predicted octanol–water partition coefficient (Wildman–Crippen LogP) is 2.30. The fourth-order valence-electron chi connectivity index (χ4n) is 1.59. The number of hydrogen-bond acceptors (Lipinski definition) is 6. The third-order valence-corrected chi connectivity index (χ3v) is 3.77. The Morgan fingerprint density at radius 1 is 1.50 bits per heavy atom. The summed E-state index contributed by atoms with van der Waals surface area (Å²) in [6.45, 7) is 4.11. The zero-order valence-corrected chi connectivity index (χ0v) is 12.2. The molecule has 0 radical (unpaired) electrons. The van der Waals surface area contributed by atoms with Crippen LogP contribution in [0.3, 0.4) is 0 Å². The van der Waals surface area contributed by atoms with Crippen molar-refractivity contribution >= 4 is 17.7 Å². The smallest absolute Gasteiger partial charge is 0.319 e. The zero-order valence-electron chi connectivity index (χ0n) is 11.4. The van der Waals surface area contributed by atoms with Crippen molar-refractivity contribution in [1.82, 2.24) is 20.2 Å². The van der Waals surface area contributed by atoms with Gasteiger partial charge in [0.25, 0.3) is 0 Å². The van der Waals surface area contributed by atoms with Crippen LogP contribution in [0.15, 0.2) is 29.7 Å². The summed E-state index contributed by atoms with van der Waals surface area (Å²) in [6.07, 6.45) is 4.07. The molecule has 2 heterocycles. The molecule has 20 heavy (non-hydrogen) atoms. The highest BCUT2D eigenvalue weighted by molar-refractivity contribution is 8.00. The van der Waals surface area contributed by atoms with Crippen LogP contribution in [0.4, 0.5) is 0 Å². The van der Waals surface area contributed by atoms with E-state index in [1.165, 1.54) is 11.8 Å². The van der Waals surface area contributed by atoms with E-state index in [1.54, 1.807) is 19.3 Å². The number of aromatic amines is 1. The number of H-pyrrole nitrogens is 1. The third-order valence-electron chi connectivity index (χ3n) is 2.57. The van der Waals surface area contributed by atoms with E-state index in [2.05, 4.69) is 20.2 Å². The van der Waals surface area contributed by atoms with E-state index in [0.29, 0.717) is 24.0 Å². The summed E-state index contributed by atoms with van der Waals surface area (Å²) in [5.74, 6) is 0.409. The number of rotatable bonds is 6. The van der Waals surface area contributed by atoms with Gasteiger partial charge in [0.15, 0.2) is 5.82 Å². The molecule has 7 heteroatoms. The Balaban J connectivity index is 2.07. The average molecular weight is 292 g/mol. The molecule has 1 N–H and O–H groups in total. The second-order valence-electron chi connectivity index (χ2n) is 3.98. The molecule has 0 aliphatic carbocycles. The van der Waals surface area contributed by atoms with Gasteiger partial charge in [-0.15, -0.1) is 5.10 Å². The highest BCUT2D eigenvalue weighted by Crippen LogP contribution is 2.25. The summed E-state index contributed by atoms with van der Waals surface area (Å²) in [6, 6.07) is 3.72. The van der Waals surface area contributed by atoms with Crippen LogP contribution in [0.2, 0.25) is 0 Å². The molecule has 0 saturated carbocycles. The molecule has 2 aromatic heterocycles. The molecule has 0 bridgehead atoms. The van der Waals surface area contributed by atoms with Crippen LogP contribution in [0.5, 0.6) is 0 Å². The fourth-order valence-corrected chi connectivity index (χ4v) is 2.42. The third kappa shape index (κ3) is 3.57. The summed E-state index contributed by atoms with van der Waals surface area (Å²) in [4.78, 5) is 20.1. The lowest BCUT2D eigenvalue weighted by molar-refractivity contribution is -0.142. The summed E-state index contributed by atoms with van der Waals surface area (Å²) < 4.78 is 5.02. The maximum Gasteiger partial charge on any atom is 0.319 e. The van der Waals surface area contributed by atoms with Gasteiger partial charge in [0.2, 0.25) is 5.16 Å². The van der Waals surface area contributed by atoms with Crippen molar-refractivity contribution in [3.05, 3.63) is 24.5 Å². The van der Waals surface area contributed by atoms with Crippen LogP contribution in [-0.2, 0) is 9.53 Å². The number of nitrogens with zero attached hydrogens (tertiary/aromatic N) is 3. The van der Waals surface area contributed by atoms with E-state index in [4.69, 9.17) is 4.74 Å². The van der Waals surface area contributed by atoms with Gasteiger partial charge >= 0.3 is 5.97 Å². The summed E-state index contributed by atoms with van der Waals surface area (Å²) >= 11 is 1.30. The van der Waals surface area contributed by atoms with E-state index < -0.39 is 0 Å². The quantitative estimate of drug-likeness (QED) is 0.650. The van der Waals surface area contributed by atoms with Gasteiger partial charge < -0.3 is 4.74 Å². The van der Waals surface area contributed by atoms with Crippen LogP contribution in [0.1, 0.15) is 20.3 Å². The molecule has 2 aromatic rings. The first kappa shape index (κ1) is 14.5.